The first-order chi connectivity index (χ1) is 7.58. The maximum atomic E-state index is 11.2. The summed E-state index contributed by atoms with van der Waals surface area (Å²) in [6.45, 7) is 0. The van der Waals surface area contributed by atoms with Crippen LogP contribution in [-0.2, 0) is 14.3 Å². The molecule has 2 rings (SSSR count). The van der Waals surface area contributed by atoms with Gasteiger partial charge in [0, 0.05) is 12.1 Å². The van der Waals surface area contributed by atoms with E-state index in [0.29, 0.717) is 5.56 Å². The predicted molar refractivity (Wildman–Crippen MR) is 51.6 cm³/mol. The van der Waals surface area contributed by atoms with Crippen molar-refractivity contribution in [3.8, 4) is 0 Å². The molecule has 1 heterocycles. The second kappa shape index (κ2) is 3.73. The van der Waals surface area contributed by atoms with E-state index < -0.39 is 22.8 Å². The number of nitro benzene ring substituents is 1. The van der Waals surface area contributed by atoms with Crippen LogP contribution in [-0.4, -0.2) is 16.9 Å². The maximum Gasteiger partial charge on any atom is 0.321 e. The third kappa shape index (κ3) is 1.77. The maximum absolute atomic E-state index is 11.2. The molecule has 1 atom stereocenters. The van der Waals surface area contributed by atoms with Crippen LogP contribution in [0.15, 0.2) is 24.3 Å². The summed E-state index contributed by atoms with van der Waals surface area (Å²) in [5, 5.41) is 10.4. The van der Waals surface area contributed by atoms with Crippen molar-refractivity contribution in [1.29, 1.82) is 0 Å². The van der Waals surface area contributed by atoms with Gasteiger partial charge in [0.25, 0.3) is 5.69 Å². The highest BCUT2D eigenvalue weighted by Crippen LogP contribution is 2.28. The van der Waals surface area contributed by atoms with E-state index in [-0.39, 0.29) is 12.1 Å². The number of ether oxygens (including phenoxy) is 1. The number of benzene rings is 1. The Kier molecular flexibility index (Phi) is 2.40. The van der Waals surface area contributed by atoms with E-state index in [4.69, 9.17) is 0 Å². The number of carbonyl (C=O) groups excluding carboxylic acids is 2. The molecule has 0 amide bonds. The molecule has 1 aromatic rings. The van der Waals surface area contributed by atoms with Crippen molar-refractivity contribution in [3.63, 3.8) is 0 Å². The minimum atomic E-state index is -0.631. The SMILES string of the molecule is O=C1C[C@@H](c2ccc([N+](=O)[O-])cc2)C(=O)O1. The molecule has 1 aliphatic rings. The molecule has 0 aromatic heterocycles. The van der Waals surface area contributed by atoms with E-state index >= 15 is 0 Å². The molecular formula is C10H7NO5. The van der Waals surface area contributed by atoms with Crippen LogP contribution in [0.2, 0.25) is 0 Å². The Bertz CT molecular complexity index is 465. The summed E-state index contributed by atoms with van der Waals surface area (Å²) in [5.74, 6) is -1.79. The fourth-order valence-electron chi connectivity index (χ4n) is 1.56. The molecule has 1 fully saturated rings. The zero-order valence-electron chi connectivity index (χ0n) is 8.08. The monoisotopic (exact) mass is 221 g/mol. The zero-order valence-corrected chi connectivity index (χ0v) is 8.08. The highest BCUT2D eigenvalue weighted by molar-refractivity contribution is 5.97. The molecule has 6 heteroatoms. The molecule has 16 heavy (non-hydrogen) atoms. The summed E-state index contributed by atoms with van der Waals surface area (Å²) in [5.41, 5.74) is 0.503. The van der Waals surface area contributed by atoms with Gasteiger partial charge in [0.15, 0.2) is 0 Å². The van der Waals surface area contributed by atoms with Crippen LogP contribution in [0.5, 0.6) is 0 Å². The summed E-state index contributed by atoms with van der Waals surface area (Å²) in [6.07, 6.45) is -0.00333. The average Bonchev–Trinajstić information content (AvgIpc) is 2.58. The number of cyclic esters (lactones) is 2. The number of carbonyl (C=O) groups is 2. The predicted octanol–water partition coefficient (Wildman–Crippen LogP) is 1.15. The van der Waals surface area contributed by atoms with Gasteiger partial charge in [0.2, 0.25) is 0 Å². The van der Waals surface area contributed by atoms with Gasteiger partial charge in [0.1, 0.15) is 0 Å². The molecule has 0 unspecified atom stereocenters. The Balaban J connectivity index is 2.25. The van der Waals surface area contributed by atoms with Gasteiger partial charge < -0.3 is 4.74 Å². The zero-order chi connectivity index (χ0) is 11.7. The van der Waals surface area contributed by atoms with Crippen molar-refractivity contribution in [3.05, 3.63) is 39.9 Å². The lowest BCUT2D eigenvalue weighted by Gasteiger charge is -2.03. The van der Waals surface area contributed by atoms with Crippen molar-refractivity contribution in [1.82, 2.24) is 0 Å². The lowest BCUT2D eigenvalue weighted by atomic mass is 9.98. The molecule has 1 aliphatic heterocycles. The van der Waals surface area contributed by atoms with Crippen LogP contribution in [0.1, 0.15) is 17.9 Å². The highest BCUT2D eigenvalue weighted by Gasteiger charge is 2.34. The Morgan fingerprint density at radius 1 is 1.25 bits per heavy atom. The quantitative estimate of drug-likeness (QED) is 0.323. The third-order valence-electron chi connectivity index (χ3n) is 2.38. The van der Waals surface area contributed by atoms with Crippen LogP contribution in [0.25, 0.3) is 0 Å². The molecule has 0 N–H and O–H groups in total. The minimum absolute atomic E-state index is 0.00333. The molecule has 0 spiro atoms. The third-order valence-corrected chi connectivity index (χ3v) is 2.38. The fraction of sp³-hybridized carbons (Fsp3) is 0.200. The van der Waals surface area contributed by atoms with Crippen LogP contribution in [0, 0.1) is 10.1 Å². The average molecular weight is 221 g/mol. The highest BCUT2D eigenvalue weighted by atomic mass is 16.6. The van der Waals surface area contributed by atoms with Crippen molar-refractivity contribution in [2.75, 3.05) is 0 Å². The molecular weight excluding hydrogens is 214 g/mol. The van der Waals surface area contributed by atoms with Gasteiger partial charge in [-0.05, 0) is 5.56 Å². The van der Waals surface area contributed by atoms with Crippen LogP contribution < -0.4 is 0 Å². The number of rotatable bonds is 2. The van der Waals surface area contributed by atoms with E-state index in [2.05, 4.69) is 4.74 Å². The largest absolute Gasteiger partial charge is 0.393 e. The van der Waals surface area contributed by atoms with Gasteiger partial charge >= 0.3 is 11.9 Å². The van der Waals surface area contributed by atoms with Crippen molar-refractivity contribution in [2.24, 2.45) is 0 Å². The van der Waals surface area contributed by atoms with Gasteiger partial charge in [0.05, 0.1) is 17.3 Å². The number of non-ortho nitro benzene ring substituents is 1. The Hall–Kier alpha value is -2.24. The van der Waals surface area contributed by atoms with Gasteiger partial charge in [-0.25, -0.2) is 0 Å². The summed E-state index contributed by atoms with van der Waals surface area (Å²) in [4.78, 5) is 32.0. The topological polar surface area (TPSA) is 86.5 Å². The van der Waals surface area contributed by atoms with E-state index in [1.807, 2.05) is 0 Å². The molecule has 1 saturated heterocycles. The standard InChI is InChI=1S/C10H7NO5/c12-9-5-8(10(13)16-9)6-1-3-7(4-2-6)11(14)15/h1-4,8H,5H2/t8-/m0/s1. The van der Waals surface area contributed by atoms with Crippen molar-refractivity contribution < 1.29 is 19.2 Å². The molecule has 0 saturated carbocycles. The Morgan fingerprint density at radius 3 is 2.31 bits per heavy atom. The normalized spacial score (nSPS) is 19.6. The summed E-state index contributed by atoms with van der Waals surface area (Å²) in [6, 6.07) is 5.52. The number of nitro groups is 1. The first-order valence-corrected chi connectivity index (χ1v) is 4.57. The fourth-order valence-corrected chi connectivity index (χ4v) is 1.56. The van der Waals surface area contributed by atoms with E-state index in [1.54, 1.807) is 0 Å². The molecule has 0 radical (unpaired) electrons. The lowest BCUT2D eigenvalue weighted by Crippen LogP contribution is -2.05. The van der Waals surface area contributed by atoms with Gasteiger partial charge in [-0.3, -0.25) is 19.7 Å². The number of esters is 2. The number of nitrogens with zero attached hydrogens (tertiary/aromatic N) is 1. The van der Waals surface area contributed by atoms with Crippen LogP contribution in [0.4, 0.5) is 5.69 Å². The van der Waals surface area contributed by atoms with Gasteiger partial charge in [-0.2, -0.15) is 0 Å². The number of hydrogen-bond acceptors (Lipinski definition) is 5. The van der Waals surface area contributed by atoms with Gasteiger partial charge in [-0.1, -0.05) is 12.1 Å². The summed E-state index contributed by atoms with van der Waals surface area (Å²) < 4.78 is 4.39. The first-order valence-electron chi connectivity index (χ1n) is 4.57. The van der Waals surface area contributed by atoms with Crippen LogP contribution in [0.3, 0.4) is 0 Å². The second-order valence-corrected chi connectivity index (χ2v) is 3.40. The van der Waals surface area contributed by atoms with Crippen molar-refractivity contribution >= 4 is 17.6 Å². The lowest BCUT2D eigenvalue weighted by molar-refractivity contribution is -0.384. The smallest absolute Gasteiger partial charge is 0.321 e. The van der Waals surface area contributed by atoms with Gasteiger partial charge in [-0.15, -0.1) is 0 Å². The van der Waals surface area contributed by atoms with E-state index in [1.165, 1.54) is 24.3 Å². The van der Waals surface area contributed by atoms with Crippen molar-refractivity contribution in [2.45, 2.75) is 12.3 Å². The van der Waals surface area contributed by atoms with Crippen LogP contribution >= 0.6 is 0 Å². The molecule has 1 aromatic carbocycles. The molecule has 82 valence electrons. The molecule has 6 nitrogen and oxygen atoms in total. The summed E-state index contributed by atoms with van der Waals surface area (Å²) in [7, 11) is 0. The Morgan fingerprint density at radius 2 is 1.88 bits per heavy atom. The first kappa shape index (κ1) is 10.3. The summed E-state index contributed by atoms with van der Waals surface area (Å²) >= 11 is 0. The van der Waals surface area contributed by atoms with E-state index in [0.717, 1.165) is 0 Å². The molecule has 0 bridgehead atoms. The Labute approximate surface area is 90.0 Å². The van der Waals surface area contributed by atoms with E-state index in [9.17, 15) is 19.7 Å². The number of hydrogen-bond donors (Lipinski definition) is 0. The molecule has 0 aliphatic carbocycles. The second-order valence-electron chi connectivity index (χ2n) is 3.40. The minimum Gasteiger partial charge on any atom is -0.393 e.